The molecule has 0 aliphatic carbocycles. The lowest BCUT2D eigenvalue weighted by Gasteiger charge is -2.30. The summed E-state index contributed by atoms with van der Waals surface area (Å²) in [6.45, 7) is -0.374. The number of rotatable bonds is 5. The van der Waals surface area contributed by atoms with Crippen molar-refractivity contribution in [2.45, 2.75) is 18.9 Å². The van der Waals surface area contributed by atoms with Crippen LogP contribution in [0.15, 0.2) is 0 Å². The van der Waals surface area contributed by atoms with Crippen molar-refractivity contribution in [1.82, 2.24) is 9.80 Å². The van der Waals surface area contributed by atoms with Crippen molar-refractivity contribution in [1.29, 1.82) is 5.26 Å². The Bertz CT molecular complexity index is 525. The number of carbonyl (C=O) groups excluding carboxylic acids is 1. The van der Waals surface area contributed by atoms with Crippen LogP contribution in [0.1, 0.15) is 12.8 Å². The molecule has 0 radical (unpaired) electrons. The van der Waals surface area contributed by atoms with Crippen molar-refractivity contribution in [2.75, 3.05) is 31.6 Å². The average molecular weight is 303 g/mol. The minimum Gasteiger partial charge on any atom is -0.480 e. The molecule has 0 saturated carbocycles. The predicted octanol–water partition coefficient (Wildman–Crippen LogP) is -0.474. The molecule has 1 fully saturated rings. The van der Waals surface area contributed by atoms with Crippen LogP contribution in [-0.4, -0.2) is 73.0 Å². The molecule has 1 aliphatic heterocycles. The van der Waals surface area contributed by atoms with E-state index in [4.69, 9.17) is 10.4 Å². The second-order valence-electron chi connectivity index (χ2n) is 4.69. The standard InChI is InChI=1S/C11H17N3O5S/c1-13(5-2-4-12)11(17)14(7-10(15)16)9-3-6-20(18,19)8-9/h9H,2-3,5-8H2,1H3,(H,15,16). The van der Waals surface area contributed by atoms with Crippen molar-refractivity contribution >= 4 is 21.8 Å². The Morgan fingerprint density at radius 2 is 2.10 bits per heavy atom. The van der Waals surface area contributed by atoms with Crippen molar-refractivity contribution in [3.8, 4) is 6.07 Å². The lowest BCUT2D eigenvalue weighted by molar-refractivity contribution is -0.138. The van der Waals surface area contributed by atoms with Gasteiger partial charge in [0, 0.05) is 19.6 Å². The van der Waals surface area contributed by atoms with E-state index < -0.39 is 34.4 Å². The van der Waals surface area contributed by atoms with Crippen LogP contribution in [0.25, 0.3) is 0 Å². The largest absolute Gasteiger partial charge is 0.480 e. The van der Waals surface area contributed by atoms with Gasteiger partial charge in [-0.2, -0.15) is 5.26 Å². The summed E-state index contributed by atoms with van der Waals surface area (Å²) in [6, 6.07) is 0.709. The Hall–Kier alpha value is -1.82. The van der Waals surface area contributed by atoms with Gasteiger partial charge < -0.3 is 14.9 Å². The number of hydrogen-bond acceptors (Lipinski definition) is 5. The molecule has 0 aromatic carbocycles. The summed E-state index contributed by atoms with van der Waals surface area (Å²) in [5.74, 6) is -1.45. The topological polar surface area (TPSA) is 119 Å². The van der Waals surface area contributed by atoms with Crippen molar-refractivity contribution in [3.63, 3.8) is 0 Å². The molecular formula is C11H17N3O5S. The van der Waals surface area contributed by atoms with E-state index in [1.165, 1.54) is 11.9 Å². The molecule has 0 spiro atoms. The molecule has 9 heteroatoms. The van der Waals surface area contributed by atoms with Gasteiger partial charge in [-0.15, -0.1) is 0 Å². The Morgan fingerprint density at radius 3 is 2.55 bits per heavy atom. The van der Waals surface area contributed by atoms with Crippen molar-refractivity contribution in [3.05, 3.63) is 0 Å². The molecule has 1 N–H and O–H groups in total. The normalized spacial score (nSPS) is 20.1. The highest BCUT2D eigenvalue weighted by atomic mass is 32.2. The zero-order chi connectivity index (χ0) is 15.3. The third kappa shape index (κ3) is 4.38. The minimum absolute atomic E-state index is 0.0387. The number of hydrogen-bond donors (Lipinski definition) is 1. The number of carboxylic acids is 1. The molecule has 0 aromatic rings. The Balaban J connectivity index is 2.82. The van der Waals surface area contributed by atoms with E-state index >= 15 is 0 Å². The predicted molar refractivity (Wildman–Crippen MR) is 69.7 cm³/mol. The van der Waals surface area contributed by atoms with Gasteiger partial charge in [0.15, 0.2) is 9.84 Å². The fourth-order valence-electron chi connectivity index (χ4n) is 2.05. The number of aliphatic carboxylic acids is 1. The molecule has 1 saturated heterocycles. The monoisotopic (exact) mass is 303 g/mol. The van der Waals surface area contributed by atoms with Crippen LogP contribution in [0.2, 0.25) is 0 Å². The Labute approximate surface area is 117 Å². The highest BCUT2D eigenvalue weighted by molar-refractivity contribution is 7.91. The van der Waals surface area contributed by atoms with Gasteiger partial charge in [0.2, 0.25) is 0 Å². The first kappa shape index (κ1) is 16.2. The molecule has 1 heterocycles. The summed E-state index contributed by atoms with van der Waals surface area (Å²) < 4.78 is 22.9. The number of carboxylic acid groups (broad SMARTS) is 1. The number of amides is 2. The first-order chi connectivity index (χ1) is 9.26. The zero-order valence-corrected chi connectivity index (χ0v) is 12.0. The summed E-state index contributed by atoms with van der Waals surface area (Å²) in [5, 5.41) is 17.4. The van der Waals surface area contributed by atoms with Gasteiger partial charge in [0.1, 0.15) is 6.54 Å². The SMILES string of the molecule is CN(CCC#N)C(=O)N(CC(=O)O)C1CCS(=O)(=O)C1. The van der Waals surface area contributed by atoms with Crippen LogP contribution in [0, 0.1) is 11.3 Å². The molecule has 1 atom stereocenters. The Morgan fingerprint density at radius 1 is 1.45 bits per heavy atom. The number of sulfone groups is 1. The maximum Gasteiger partial charge on any atom is 0.323 e. The smallest absolute Gasteiger partial charge is 0.323 e. The molecule has 1 unspecified atom stereocenters. The second kappa shape index (κ2) is 6.56. The second-order valence-corrected chi connectivity index (χ2v) is 6.92. The lowest BCUT2D eigenvalue weighted by Crippen LogP contribution is -2.49. The van der Waals surface area contributed by atoms with Gasteiger partial charge in [-0.05, 0) is 6.42 Å². The molecular weight excluding hydrogens is 286 g/mol. The van der Waals surface area contributed by atoms with E-state index in [0.29, 0.717) is 0 Å². The van der Waals surface area contributed by atoms with E-state index in [2.05, 4.69) is 0 Å². The van der Waals surface area contributed by atoms with Crippen LogP contribution in [0.5, 0.6) is 0 Å². The third-order valence-corrected chi connectivity index (χ3v) is 4.84. The number of nitrogens with zero attached hydrogens (tertiary/aromatic N) is 3. The van der Waals surface area contributed by atoms with E-state index in [1.54, 1.807) is 0 Å². The highest BCUT2D eigenvalue weighted by Crippen LogP contribution is 2.19. The van der Waals surface area contributed by atoms with Gasteiger partial charge >= 0.3 is 12.0 Å². The highest BCUT2D eigenvalue weighted by Gasteiger charge is 2.36. The zero-order valence-electron chi connectivity index (χ0n) is 11.2. The van der Waals surface area contributed by atoms with Crippen molar-refractivity contribution < 1.29 is 23.1 Å². The average Bonchev–Trinajstić information content (AvgIpc) is 2.72. The first-order valence-corrected chi connectivity index (χ1v) is 7.90. The van der Waals surface area contributed by atoms with E-state index in [9.17, 15) is 18.0 Å². The fraction of sp³-hybridized carbons (Fsp3) is 0.727. The van der Waals surface area contributed by atoms with Crippen LogP contribution in [0.3, 0.4) is 0 Å². The van der Waals surface area contributed by atoms with Crippen LogP contribution in [-0.2, 0) is 14.6 Å². The Kier molecular flexibility index (Phi) is 5.33. The third-order valence-electron chi connectivity index (χ3n) is 3.09. The number of carbonyl (C=O) groups is 2. The summed E-state index contributed by atoms with van der Waals surface area (Å²) in [4.78, 5) is 25.3. The quantitative estimate of drug-likeness (QED) is 0.733. The van der Waals surface area contributed by atoms with E-state index in [0.717, 1.165) is 4.90 Å². The first-order valence-electron chi connectivity index (χ1n) is 6.07. The molecule has 8 nitrogen and oxygen atoms in total. The van der Waals surface area contributed by atoms with Crippen LogP contribution < -0.4 is 0 Å². The minimum atomic E-state index is -3.21. The molecule has 20 heavy (non-hydrogen) atoms. The van der Waals surface area contributed by atoms with Gasteiger partial charge in [0.05, 0.1) is 24.0 Å². The molecule has 0 aromatic heterocycles. The maximum absolute atomic E-state index is 12.2. The fourth-order valence-corrected chi connectivity index (χ4v) is 3.78. The summed E-state index contributed by atoms with van der Waals surface area (Å²) >= 11 is 0. The van der Waals surface area contributed by atoms with Gasteiger partial charge in [-0.1, -0.05) is 0 Å². The van der Waals surface area contributed by atoms with E-state index in [1.807, 2.05) is 6.07 Å². The summed E-state index contributed by atoms with van der Waals surface area (Å²) in [5.41, 5.74) is 0. The van der Waals surface area contributed by atoms with Gasteiger partial charge in [-0.25, -0.2) is 13.2 Å². The lowest BCUT2D eigenvalue weighted by atomic mass is 10.2. The number of urea groups is 1. The molecule has 1 aliphatic rings. The van der Waals surface area contributed by atoms with E-state index in [-0.39, 0.29) is 30.9 Å². The molecule has 0 bridgehead atoms. The molecule has 1 rings (SSSR count). The maximum atomic E-state index is 12.2. The van der Waals surface area contributed by atoms with Crippen LogP contribution >= 0.6 is 0 Å². The summed E-state index contributed by atoms with van der Waals surface area (Å²) in [6.07, 6.45) is 0.375. The van der Waals surface area contributed by atoms with Crippen LogP contribution in [0.4, 0.5) is 4.79 Å². The van der Waals surface area contributed by atoms with Gasteiger partial charge in [-0.3, -0.25) is 4.79 Å². The summed E-state index contributed by atoms with van der Waals surface area (Å²) in [7, 11) is -1.75. The van der Waals surface area contributed by atoms with Crippen molar-refractivity contribution in [2.24, 2.45) is 0 Å². The number of nitriles is 1. The molecule has 2 amide bonds. The molecule has 112 valence electrons. The van der Waals surface area contributed by atoms with Gasteiger partial charge in [0.25, 0.3) is 0 Å².